The van der Waals surface area contributed by atoms with Crippen LogP contribution in [0.25, 0.3) is 0 Å². The summed E-state index contributed by atoms with van der Waals surface area (Å²) in [6.45, 7) is 10.7. The van der Waals surface area contributed by atoms with Crippen molar-refractivity contribution in [2.24, 2.45) is 29.4 Å². The Morgan fingerprint density at radius 2 is 1.80 bits per heavy atom. The number of likely N-dealkylation sites (N-methyl/N-ethyl adjacent to an activating group) is 1. The van der Waals surface area contributed by atoms with Gasteiger partial charge in [-0.3, -0.25) is 14.4 Å². The Morgan fingerprint density at radius 3 is 2.39 bits per heavy atom. The fourth-order valence-corrected chi connectivity index (χ4v) is 8.02. The molecule has 3 aliphatic heterocycles. The van der Waals surface area contributed by atoms with Gasteiger partial charge in [-0.15, -0.1) is 11.8 Å². The van der Waals surface area contributed by atoms with Gasteiger partial charge >= 0.3 is 11.9 Å². The highest BCUT2D eigenvalue weighted by Crippen LogP contribution is 2.45. The molecule has 0 aromatic heterocycles. The number of carboxylic acid groups (broad SMARTS) is 1. The maximum absolute atomic E-state index is 13.5. The van der Waals surface area contributed by atoms with Crippen LogP contribution in [0.2, 0.25) is 0 Å². The van der Waals surface area contributed by atoms with Gasteiger partial charge in [0.2, 0.25) is 0 Å². The lowest BCUT2D eigenvalue weighted by Crippen LogP contribution is -2.63. The SMILES string of the molecule is CCC1OC(=O)CC(O)C(C)C(OC2OC(C)C(O)C(N(C)C)C2O)C(CC(O)SCC(N)C(=O)O)CC(C)C(=O)C=CC2(C)OC2C1C. The van der Waals surface area contributed by atoms with Crippen molar-refractivity contribution < 1.29 is 58.9 Å². The predicted molar refractivity (Wildman–Crippen MR) is 181 cm³/mol. The number of aliphatic carboxylic acids is 1. The van der Waals surface area contributed by atoms with Crippen molar-refractivity contribution in [2.45, 2.75) is 139 Å². The molecule has 0 aromatic carbocycles. The number of ketones is 1. The summed E-state index contributed by atoms with van der Waals surface area (Å²) in [4.78, 5) is 39.7. The number of carboxylic acids is 1. The van der Waals surface area contributed by atoms with Crippen LogP contribution in [-0.2, 0) is 33.3 Å². The number of aliphatic hydroxyl groups excluding tert-OH is 4. The van der Waals surface area contributed by atoms with E-state index in [4.69, 9.17) is 24.7 Å². The van der Waals surface area contributed by atoms with Crippen molar-refractivity contribution in [1.29, 1.82) is 0 Å². The molecule has 0 bridgehead atoms. The molecule has 282 valence electrons. The van der Waals surface area contributed by atoms with Crippen molar-refractivity contribution in [1.82, 2.24) is 4.90 Å². The molecule has 16 unspecified atom stereocenters. The number of nitrogens with two attached hydrogens (primary N) is 1. The third-order valence-electron chi connectivity index (χ3n) is 10.3. The monoisotopic (exact) mass is 718 g/mol. The van der Waals surface area contributed by atoms with Crippen molar-refractivity contribution in [3.8, 4) is 0 Å². The third-order valence-corrected chi connectivity index (χ3v) is 11.4. The summed E-state index contributed by atoms with van der Waals surface area (Å²) in [6, 6.07) is -1.98. The molecule has 3 aliphatic rings. The highest BCUT2D eigenvalue weighted by molar-refractivity contribution is 7.99. The zero-order valence-corrected chi connectivity index (χ0v) is 30.7. The van der Waals surface area contributed by atoms with Gasteiger partial charge in [-0.05, 0) is 65.3 Å². The van der Waals surface area contributed by atoms with E-state index in [0.717, 1.165) is 11.8 Å². The van der Waals surface area contributed by atoms with Gasteiger partial charge < -0.3 is 55.1 Å². The summed E-state index contributed by atoms with van der Waals surface area (Å²) in [5.74, 6) is -4.38. The first-order chi connectivity index (χ1) is 22.8. The number of rotatable bonds is 10. The third kappa shape index (κ3) is 10.7. The lowest BCUT2D eigenvalue weighted by Gasteiger charge is -2.46. The number of esters is 1. The molecule has 0 aliphatic carbocycles. The maximum atomic E-state index is 13.5. The predicted octanol–water partition coefficient (Wildman–Crippen LogP) is 0.906. The fourth-order valence-electron chi connectivity index (χ4n) is 7.07. The first-order valence-electron chi connectivity index (χ1n) is 17.2. The highest BCUT2D eigenvalue weighted by Gasteiger charge is 2.55. The van der Waals surface area contributed by atoms with Crippen molar-refractivity contribution >= 4 is 29.5 Å². The summed E-state index contributed by atoms with van der Waals surface area (Å²) in [5, 5.41) is 54.0. The molecule has 3 rings (SSSR count). The number of epoxide rings is 1. The van der Waals surface area contributed by atoms with Crippen LogP contribution >= 0.6 is 11.8 Å². The molecule has 0 saturated carbocycles. The topological polar surface area (TPSA) is 222 Å². The van der Waals surface area contributed by atoms with Gasteiger partial charge in [0, 0.05) is 23.5 Å². The standard InChI is InChI=1S/C34H58N2O12S/c1-9-24-18(4)31-34(6,48-31)11-10-22(37)16(2)12-20(13-26(40)49-15-21(35)32(43)44)30(17(3)23(38)14-25(39)46-24)47-33-29(42)27(36(7)8)28(41)19(5)45-33/h10-11,16-21,23-24,26-31,33,38,40-42H,9,12-15,35H2,1-8H3,(H,43,44). The molecule has 0 amide bonds. The second-order valence-corrected chi connectivity index (χ2v) is 15.7. The number of carbonyl (C=O) groups is 3. The Balaban J connectivity index is 2.03. The average molecular weight is 719 g/mol. The van der Waals surface area contributed by atoms with E-state index >= 15 is 0 Å². The van der Waals surface area contributed by atoms with Crippen LogP contribution in [0.1, 0.15) is 67.2 Å². The summed E-state index contributed by atoms with van der Waals surface area (Å²) in [6.07, 6.45) is -3.97. The van der Waals surface area contributed by atoms with Gasteiger partial charge in [0.05, 0.1) is 48.4 Å². The second kappa shape index (κ2) is 17.7. The van der Waals surface area contributed by atoms with E-state index in [1.54, 1.807) is 45.8 Å². The number of carbonyl (C=O) groups excluding carboxylic acids is 2. The molecule has 16 atom stereocenters. The molecular formula is C34H58N2O12S. The first kappa shape index (κ1) is 41.8. The van der Waals surface area contributed by atoms with Crippen LogP contribution in [0, 0.1) is 23.7 Å². The van der Waals surface area contributed by atoms with E-state index in [1.807, 2.05) is 20.8 Å². The molecule has 15 heteroatoms. The normalized spacial score (nSPS) is 42.3. The number of ether oxygens (including phenoxy) is 4. The van der Waals surface area contributed by atoms with Gasteiger partial charge in [0.25, 0.3) is 0 Å². The molecule has 49 heavy (non-hydrogen) atoms. The second-order valence-electron chi connectivity index (χ2n) is 14.5. The van der Waals surface area contributed by atoms with Crippen molar-refractivity contribution in [3.63, 3.8) is 0 Å². The minimum absolute atomic E-state index is 0.0130. The number of cyclic esters (lactones) is 1. The smallest absolute Gasteiger partial charge is 0.321 e. The fraction of sp³-hybridized carbons (Fsp3) is 0.853. The average Bonchev–Trinajstić information content (AvgIpc) is 3.71. The summed E-state index contributed by atoms with van der Waals surface area (Å²) >= 11 is 0.934. The van der Waals surface area contributed by atoms with E-state index in [1.165, 1.54) is 6.08 Å². The largest absolute Gasteiger partial charge is 0.480 e. The van der Waals surface area contributed by atoms with Gasteiger partial charge in [0.1, 0.15) is 23.9 Å². The summed E-state index contributed by atoms with van der Waals surface area (Å²) in [5.41, 5.74) is 3.81. The first-order valence-corrected chi connectivity index (χ1v) is 18.3. The van der Waals surface area contributed by atoms with Gasteiger partial charge in [0.15, 0.2) is 12.1 Å². The van der Waals surface area contributed by atoms with Crippen LogP contribution in [-0.4, -0.2) is 140 Å². The number of fused-ring (bicyclic) bond motifs is 1. The van der Waals surface area contributed by atoms with Gasteiger partial charge in [-0.1, -0.05) is 27.7 Å². The van der Waals surface area contributed by atoms with Gasteiger partial charge in [-0.25, -0.2) is 0 Å². The maximum Gasteiger partial charge on any atom is 0.321 e. The highest BCUT2D eigenvalue weighted by atomic mass is 32.2. The number of allylic oxidation sites excluding steroid dienone is 1. The quantitative estimate of drug-likeness (QED) is 0.105. The number of nitrogens with zero attached hydrogens (tertiary/aromatic N) is 1. The minimum atomic E-state index is -1.33. The zero-order valence-electron chi connectivity index (χ0n) is 29.9. The van der Waals surface area contributed by atoms with Crippen molar-refractivity contribution in [2.75, 3.05) is 19.8 Å². The number of hydrogen-bond donors (Lipinski definition) is 6. The molecule has 3 heterocycles. The summed E-state index contributed by atoms with van der Waals surface area (Å²) in [7, 11) is 3.41. The van der Waals surface area contributed by atoms with Crippen LogP contribution < -0.4 is 5.73 Å². The van der Waals surface area contributed by atoms with E-state index in [9.17, 15) is 39.9 Å². The molecule has 0 aromatic rings. The Kier molecular flexibility index (Phi) is 15.1. The van der Waals surface area contributed by atoms with Crippen molar-refractivity contribution in [3.05, 3.63) is 12.2 Å². The van der Waals surface area contributed by atoms with E-state index < -0.39 is 95.7 Å². The Labute approximate surface area is 293 Å². The lowest BCUT2D eigenvalue weighted by molar-refractivity contribution is -0.304. The molecule has 7 N–H and O–H groups in total. The number of aliphatic hydroxyl groups is 4. The van der Waals surface area contributed by atoms with Crippen LogP contribution in [0.4, 0.5) is 0 Å². The lowest BCUT2D eigenvalue weighted by atomic mass is 9.79. The Hall–Kier alpha value is -1.66. The molecule has 2 fully saturated rings. The number of hydrogen-bond acceptors (Lipinski definition) is 14. The van der Waals surface area contributed by atoms with Crippen LogP contribution in [0.15, 0.2) is 12.2 Å². The molecule has 2 saturated heterocycles. The summed E-state index contributed by atoms with van der Waals surface area (Å²) < 4.78 is 24.3. The van der Waals surface area contributed by atoms with E-state index in [2.05, 4.69) is 0 Å². The Bertz CT molecular complexity index is 1160. The molecule has 0 spiro atoms. The Morgan fingerprint density at radius 1 is 1.14 bits per heavy atom. The zero-order chi connectivity index (χ0) is 37.0. The van der Waals surface area contributed by atoms with Crippen LogP contribution in [0.3, 0.4) is 0 Å². The molecule has 14 nitrogen and oxygen atoms in total. The molecular weight excluding hydrogens is 660 g/mol. The minimum Gasteiger partial charge on any atom is -0.480 e. The van der Waals surface area contributed by atoms with Crippen LogP contribution in [0.5, 0.6) is 0 Å². The van der Waals surface area contributed by atoms with E-state index in [0.29, 0.717) is 6.42 Å². The van der Waals surface area contributed by atoms with Gasteiger partial charge in [-0.2, -0.15) is 0 Å². The number of thioether (sulfide) groups is 1. The molecule has 0 radical (unpaired) electrons. The van der Waals surface area contributed by atoms with E-state index in [-0.39, 0.29) is 42.8 Å².